The summed E-state index contributed by atoms with van der Waals surface area (Å²) in [7, 11) is 5.50. The van der Waals surface area contributed by atoms with Crippen LogP contribution in [0.4, 0.5) is 0 Å². The van der Waals surface area contributed by atoms with Crippen molar-refractivity contribution in [2.24, 2.45) is 5.92 Å². The van der Waals surface area contributed by atoms with Crippen LogP contribution in [0.2, 0.25) is 12.1 Å². The molecule has 0 N–H and O–H groups in total. The minimum absolute atomic E-state index is 0.805. The van der Waals surface area contributed by atoms with Gasteiger partial charge in [-0.05, 0) is 18.8 Å². The van der Waals surface area contributed by atoms with Crippen LogP contribution in [-0.4, -0.2) is 60.3 Å². The van der Waals surface area contributed by atoms with Crippen LogP contribution in [0.3, 0.4) is 0 Å². The molecule has 0 aliphatic rings. The molecule has 0 heterocycles. The number of unbranched alkanes of at least 4 members (excludes halogenated alkanes) is 17. The SMILES string of the molecule is CCCCCCCCCCCCCCCCCC[Si](OC)(OC)OC.CO[Si](CCCCCC(C)C)(OC)OC. The molecule has 0 saturated heterocycles. The van der Waals surface area contributed by atoms with E-state index in [-0.39, 0.29) is 0 Å². The zero-order valence-corrected chi connectivity index (χ0v) is 30.6. The van der Waals surface area contributed by atoms with Gasteiger partial charge in [-0.3, -0.25) is 0 Å². The van der Waals surface area contributed by atoms with Gasteiger partial charge in [0.15, 0.2) is 0 Å². The molecular weight excluding hydrogens is 537 g/mol. The molecule has 0 radical (unpaired) electrons. The molecule has 244 valence electrons. The maximum Gasteiger partial charge on any atom is 0.500 e. The van der Waals surface area contributed by atoms with E-state index in [2.05, 4.69) is 20.8 Å². The fraction of sp³-hybridized carbons (Fsp3) is 1.00. The van der Waals surface area contributed by atoms with E-state index in [9.17, 15) is 0 Å². The Morgan fingerprint density at radius 2 is 0.625 bits per heavy atom. The van der Waals surface area contributed by atoms with Gasteiger partial charge >= 0.3 is 17.6 Å². The van der Waals surface area contributed by atoms with Gasteiger partial charge in [-0.25, -0.2) is 0 Å². The summed E-state index contributed by atoms with van der Waals surface area (Å²) >= 11 is 0. The first kappa shape index (κ1) is 42.3. The fourth-order valence-corrected chi connectivity index (χ4v) is 8.66. The van der Waals surface area contributed by atoms with E-state index >= 15 is 0 Å². The number of rotatable bonds is 29. The van der Waals surface area contributed by atoms with Gasteiger partial charge in [-0.15, -0.1) is 0 Å². The van der Waals surface area contributed by atoms with Crippen molar-refractivity contribution in [3.63, 3.8) is 0 Å². The molecular formula is C32H72O6Si2. The molecule has 6 nitrogen and oxygen atoms in total. The van der Waals surface area contributed by atoms with Crippen LogP contribution in [-0.2, 0) is 26.6 Å². The number of hydrogen-bond donors (Lipinski definition) is 0. The van der Waals surface area contributed by atoms with Crippen LogP contribution in [0.5, 0.6) is 0 Å². The summed E-state index contributed by atoms with van der Waals surface area (Å²) in [5.41, 5.74) is 0. The molecule has 0 aromatic rings. The van der Waals surface area contributed by atoms with Crippen LogP contribution in [0.25, 0.3) is 0 Å². The van der Waals surface area contributed by atoms with Gasteiger partial charge in [0.1, 0.15) is 0 Å². The molecule has 0 aliphatic carbocycles. The monoisotopic (exact) mass is 608 g/mol. The van der Waals surface area contributed by atoms with E-state index in [0.29, 0.717) is 0 Å². The fourth-order valence-electron chi connectivity index (χ4n) is 5.07. The average molecular weight is 609 g/mol. The van der Waals surface area contributed by atoms with Crippen molar-refractivity contribution in [3.8, 4) is 0 Å². The standard InChI is InChI=1S/C21H46O3Si.C11H26O3Si/c1-5-6-7-8-9-10-11-12-13-14-15-16-17-18-19-20-21-25(22-2,23-3)24-4;1-11(2)9-7-6-8-10-15(12-3,13-4)14-5/h5-21H2,1-4H3;11H,6-10H2,1-5H3. The molecule has 40 heavy (non-hydrogen) atoms. The van der Waals surface area contributed by atoms with Crippen molar-refractivity contribution < 1.29 is 26.6 Å². The molecule has 0 aromatic heterocycles. The van der Waals surface area contributed by atoms with E-state index in [1.165, 1.54) is 116 Å². The third-order valence-corrected chi connectivity index (χ3v) is 13.6. The summed E-state index contributed by atoms with van der Waals surface area (Å²) < 4.78 is 32.4. The first-order chi connectivity index (χ1) is 19.3. The first-order valence-electron chi connectivity index (χ1n) is 16.7. The third kappa shape index (κ3) is 24.8. The zero-order valence-electron chi connectivity index (χ0n) is 28.6. The maximum atomic E-state index is 5.45. The highest BCUT2D eigenvalue weighted by atomic mass is 28.4. The van der Waals surface area contributed by atoms with E-state index in [4.69, 9.17) is 26.6 Å². The Kier molecular flexibility index (Phi) is 32.4. The summed E-state index contributed by atoms with van der Waals surface area (Å²) in [6, 6.07) is 1.86. The van der Waals surface area contributed by atoms with Crippen molar-refractivity contribution in [2.75, 3.05) is 42.7 Å². The van der Waals surface area contributed by atoms with Gasteiger partial charge in [0.05, 0.1) is 0 Å². The van der Waals surface area contributed by atoms with Crippen LogP contribution in [0, 0.1) is 5.92 Å². The lowest BCUT2D eigenvalue weighted by atomic mass is 10.0. The van der Waals surface area contributed by atoms with Gasteiger partial charge in [0, 0.05) is 54.7 Å². The molecule has 0 bridgehead atoms. The minimum atomic E-state index is -2.32. The predicted molar refractivity (Wildman–Crippen MR) is 176 cm³/mol. The van der Waals surface area contributed by atoms with Crippen molar-refractivity contribution in [1.29, 1.82) is 0 Å². The summed E-state index contributed by atoms with van der Waals surface area (Å²) in [6.45, 7) is 6.81. The molecule has 8 heteroatoms. The van der Waals surface area contributed by atoms with E-state index in [1.54, 1.807) is 42.7 Å². The third-order valence-electron chi connectivity index (χ3n) is 7.97. The Balaban J connectivity index is 0. The largest absolute Gasteiger partial charge is 0.500 e. The van der Waals surface area contributed by atoms with Crippen molar-refractivity contribution in [3.05, 3.63) is 0 Å². The zero-order chi connectivity index (χ0) is 30.4. The highest BCUT2D eigenvalue weighted by Gasteiger charge is 2.37. The van der Waals surface area contributed by atoms with Crippen molar-refractivity contribution in [2.45, 2.75) is 161 Å². The topological polar surface area (TPSA) is 55.4 Å². The van der Waals surface area contributed by atoms with Crippen LogP contribution >= 0.6 is 0 Å². The van der Waals surface area contributed by atoms with E-state index < -0.39 is 17.6 Å². The lowest BCUT2D eigenvalue weighted by molar-refractivity contribution is 0.122. The molecule has 0 aliphatic heterocycles. The highest BCUT2D eigenvalue weighted by molar-refractivity contribution is 6.60. The summed E-state index contributed by atoms with van der Waals surface area (Å²) in [5, 5.41) is 0. The quantitative estimate of drug-likeness (QED) is 0.0622. The molecule has 0 spiro atoms. The Morgan fingerprint density at radius 3 is 0.875 bits per heavy atom. The van der Waals surface area contributed by atoms with Crippen LogP contribution in [0.1, 0.15) is 149 Å². The van der Waals surface area contributed by atoms with Gasteiger partial charge in [0.25, 0.3) is 0 Å². The second-order valence-corrected chi connectivity index (χ2v) is 17.8. The second-order valence-electron chi connectivity index (χ2n) is 11.6. The van der Waals surface area contributed by atoms with Gasteiger partial charge in [-0.2, -0.15) is 0 Å². The van der Waals surface area contributed by atoms with Crippen molar-refractivity contribution >= 4 is 17.6 Å². The average Bonchev–Trinajstić information content (AvgIpc) is 2.97. The molecule has 0 saturated carbocycles. The van der Waals surface area contributed by atoms with Gasteiger partial charge in [-0.1, -0.05) is 136 Å². The molecule has 0 rings (SSSR count). The van der Waals surface area contributed by atoms with E-state index in [1.807, 2.05) is 0 Å². The van der Waals surface area contributed by atoms with Crippen molar-refractivity contribution in [1.82, 2.24) is 0 Å². The molecule has 0 unspecified atom stereocenters. The first-order valence-corrected chi connectivity index (χ1v) is 20.5. The summed E-state index contributed by atoms with van der Waals surface area (Å²) in [5.74, 6) is 0.805. The van der Waals surface area contributed by atoms with Gasteiger partial charge < -0.3 is 26.6 Å². The van der Waals surface area contributed by atoms with Gasteiger partial charge in [0.2, 0.25) is 0 Å². The molecule has 0 atom stereocenters. The smallest absolute Gasteiger partial charge is 0.377 e. The summed E-state index contributed by atoms with van der Waals surface area (Å²) in [4.78, 5) is 0. The predicted octanol–water partition coefficient (Wildman–Crippen LogP) is 10.2. The number of hydrogen-bond acceptors (Lipinski definition) is 6. The lowest BCUT2D eigenvalue weighted by Gasteiger charge is -2.24. The highest BCUT2D eigenvalue weighted by Crippen LogP contribution is 2.20. The Hall–Kier alpha value is 0.194. The second kappa shape index (κ2) is 30.6. The van der Waals surface area contributed by atoms with E-state index in [0.717, 1.165) is 30.8 Å². The molecule has 0 aromatic carbocycles. The molecule has 0 fully saturated rings. The Morgan fingerprint density at radius 1 is 0.375 bits per heavy atom. The van der Waals surface area contributed by atoms with Crippen LogP contribution < -0.4 is 0 Å². The minimum Gasteiger partial charge on any atom is -0.377 e. The lowest BCUT2D eigenvalue weighted by Crippen LogP contribution is -2.42. The van der Waals surface area contributed by atoms with Crippen LogP contribution in [0.15, 0.2) is 0 Å². The Bertz CT molecular complexity index is 471. The molecule has 0 amide bonds. The summed E-state index contributed by atoms with van der Waals surface area (Å²) in [6.07, 6.45) is 27.3. The normalized spacial score (nSPS) is 12.2. The Labute approximate surface area is 253 Å². The maximum absolute atomic E-state index is 5.45.